The summed E-state index contributed by atoms with van der Waals surface area (Å²) in [5.74, 6) is 0.414. The number of aromatic amines is 1. The van der Waals surface area contributed by atoms with Gasteiger partial charge in [0.25, 0.3) is 0 Å². The van der Waals surface area contributed by atoms with Crippen LogP contribution in [-0.4, -0.2) is 34.6 Å². The van der Waals surface area contributed by atoms with Crippen molar-refractivity contribution in [3.8, 4) is 0 Å². The van der Waals surface area contributed by atoms with Crippen LogP contribution in [0.15, 0.2) is 12.1 Å². The highest BCUT2D eigenvalue weighted by Gasteiger charge is 2.21. The fraction of sp³-hybridized carbons (Fsp3) is 0.462. The molecule has 1 aromatic heterocycles. The molecule has 2 heterocycles. The fourth-order valence-corrected chi connectivity index (χ4v) is 3.52. The number of hydrogen-bond acceptors (Lipinski definition) is 2. The highest BCUT2D eigenvalue weighted by atomic mass is 127. The van der Waals surface area contributed by atoms with Crippen LogP contribution in [0.3, 0.4) is 0 Å². The third-order valence-electron chi connectivity index (χ3n) is 3.75. The molecular formula is C13H15FIN3S. The maximum atomic E-state index is 13.7. The number of nitrogens with zero attached hydrogens (tertiary/aromatic N) is 2. The lowest BCUT2D eigenvalue weighted by molar-refractivity contribution is 0.379. The van der Waals surface area contributed by atoms with Gasteiger partial charge in [0, 0.05) is 19.2 Å². The molecule has 1 N–H and O–H groups in total. The minimum atomic E-state index is -0.181. The number of halogens is 2. The Bertz CT molecular complexity index is 678. The van der Waals surface area contributed by atoms with Gasteiger partial charge in [-0.1, -0.05) is 0 Å². The summed E-state index contributed by atoms with van der Waals surface area (Å²) < 4.78 is 17.1. The van der Waals surface area contributed by atoms with E-state index in [0.717, 1.165) is 30.7 Å². The molecule has 0 saturated carbocycles. The van der Waals surface area contributed by atoms with Crippen molar-refractivity contribution in [2.75, 3.05) is 20.1 Å². The minimum Gasteiger partial charge on any atom is -0.331 e. The van der Waals surface area contributed by atoms with E-state index in [0.29, 0.717) is 14.3 Å². The fourth-order valence-electron chi connectivity index (χ4n) is 2.77. The molecule has 3 rings (SSSR count). The van der Waals surface area contributed by atoms with E-state index >= 15 is 0 Å². The van der Waals surface area contributed by atoms with Gasteiger partial charge in [0.1, 0.15) is 5.82 Å². The first-order valence-electron chi connectivity index (χ1n) is 6.30. The van der Waals surface area contributed by atoms with E-state index in [9.17, 15) is 4.39 Å². The molecule has 0 radical (unpaired) electrons. The summed E-state index contributed by atoms with van der Waals surface area (Å²) in [5.41, 5.74) is 1.79. The lowest BCUT2D eigenvalue weighted by Crippen LogP contribution is -2.17. The highest BCUT2D eigenvalue weighted by Crippen LogP contribution is 2.23. The van der Waals surface area contributed by atoms with Crippen LogP contribution in [0.5, 0.6) is 0 Å². The van der Waals surface area contributed by atoms with Crippen LogP contribution >= 0.6 is 34.8 Å². The second-order valence-electron chi connectivity index (χ2n) is 5.24. The average molecular weight is 391 g/mol. The summed E-state index contributed by atoms with van der Waals surface area (Å²) in [6.07, 6.45) is 1.18. The zero-order valence-corrected chi connectivity index (χ0v) is 13.6. The normalized spacial score (nSPS) is 20.5. The van der Waals surface area contributed by atoms with Crippen LogP contribution < -0.4 is 0 Å². The number of nitrogens with one attached hydrogen (secondary N) is 1. The maximum Gasteiger partial charge on any atom is 0.178 e. The monoisotopic (exact) mass is 391 g/mol. The molecule has 0 spiro atoms. The Hall–Kier alpha value is -0.470. The molecule has 0 amide bonds. The Kier molecular flexibility index (Phi) is 3.65. The number of benzene rings is 1. The number of hydrogen-bond donors (Lipinski definition) is 1. The van der Waals surface area contributed by atoms with E-state index < -0.39 is 0 Å². The third-order valence-corrected chi connectivity index (χ3v) is 4.90. The van der Waals surface area contributed by atoms with Crippen molar-refractivity contribution >= 4 is 45.8 Å². The predicted molar refractivity (Wildman–Crippen MR) is 85.4 cm³/mol. The van der Waals surface area contributed by atoms with Crippen molar-refractivity contribution in [2.24, 2.45) is 5.92 Å². The van der Waals surface area contributed by atoms with E-state index in [1.165, 1.54) is 6.42 Å². The van der Waals surface area contributed by atoms with Gasteiger partial charge < -0.3 is 14.5 Å². The van der Waals surface area contributed by atoms with Gasteiger partial charge in [0.2, 0.25) is 0 Å². The largest absolute Gasteiger partial charge is 0.331 e. The van der Waals surface area contributed by atoms with Crippen molar-refractivity contribution in [3.63, 3.8) is 0 Å². The van der Waals surface area contributed by atoms with E-state index in [1.807, 2.05) is 33.2 Å². The molecule has 1 atom stereocenters. The van der Waals surface area contributed by atoms with Gasteiger partial charge in [-0.15, -0.1) is 0 Å². The quantitative estimate of drug-likeness (QED) is 0.627. The Morgan fingerprint density at radius 3 is 3.00 bits per heavy atom. The Labute approximate surface area is 129 Å². The summed E-state index contributed by atoms with van der Waals surface area (Å²) in [5, 5.41) is 0. The summed E-state index contributed by atoms with van der Waals surface area (Å²) >= 11 is 7.37. The average Bonchev–Trinajstić information content (AvgIpc) is 2.87. The first-order valence-corrected chi connectivity index (χ1v) is 7.79. The summed E-state index contributed by atoms with van der Waals surface area (Å²) in [6, 6.07) is 3.40. The van der Waals surface area contributed by atoms with E-state index in [-0.39, 0.29) is 5.82 Å². The molecular weight excluding hydrogens is 376 g/mol. The van der Waals surface area contributed by atoms with Gasteiger partial charge in [0.05, 0.1) is 14.6 Å². The van der Waals surface area contributed by atoms with Crippen LogP contribution in [0.1, 0.15) is 6.42 Å². The molecule has 0 bridgehead atoms. The third kappa shape index (κ3) is 2.57. The SMILES string of the molecule is CN1CCC(Cn2c(=S)[nH]c3cc(I)c(F)cc32)C1. The number of aromatic nitrogens is 2. The van der Waals surface area contributed by atoms with Crippen LogP contribution in [0.25, 0.3) is 11.0 Å². The molecule has 6 heteroatoms. The Morgan fingerprint density at radius 1 is 1.53 bits per heavy atom. The zero-order valence-electron chi connectivity index (χ0n) is 10.6. The summed E-state index contributed by atoms with van der Waals surface area (Å²) in [6.45, 7) is 3.08. The Balaban J connectivity index is 2.01. The van der Waals surface area contributed by atoms with E-state index in [2.05, 4.69) is 16.9 Å². The van der Waals surface area contributed by atoms with E-state index in [1.54, 1.807) is 6.07 Å². The van der Waals surface area contributed by atoms with Gasteiger partial charge in [0.15, 0.2) is 4.77 Å². The van der Waals surface area contributed by atoms with Crippen molar-refractivity contribution in [1.82, 2.24) is 14.5 Å². The Morgan fingerprint density at radius 2 is 2.32 bits per heavy atom. The number of likely N-dealkylation sites (tertiary alicyclic amines) is 1. The van der Waals surface area contributed by atoms with Gasteiger partial charge >= 0.3 is 0 Å². The first-order chi connectivity index (χ1) is 9.04. The summed E-state index contributed by atoms with van der Waals surface area (Å²) in [4.78, 5) is 5.50. The molecule has 1 fully saturated rings. The molecule has 102 valence electrons. The van der Waals surface area contributed by atoms with Crippen LogP contribution in [-0.2, 0) is 6.54 Å². The second kappa shape index (κ2) is 5.14. The molecule has 1 aliphatic rings. The van der Waals surface area contributed by atoms with Crippen LogP contribution in [0.2, 0.25) is 0 Å². The number of H-pyrrole nitrogens is 1. The van der Waals surface area contributed by atoms with Crippen molar-refractivity contribution in [1.29, 1.82) is 0 Å². The van der Waals surface area contributed by atoms with Crippen LogP contribution in [0.4, 0.5) is 4.39 Å². The molecule has 19 heavy (non-hydrogen) atoms. The molecule has 1 unspecified atom stereocenters. The van der Waals surface area contributed by atoms with Crippen LogP contribution in [0, 0.1) is 20.1 Å². The second-order valence-corrected chi connectivity index (χ2v) is 6.79. The van der Waals surface area contributed by atoms with Crippen molar-refractivity contribution in [3.05, 3.63) is 26.3 Å². The van der Waals surface area contributed by atoms with Gasteiger partial charge in [-0.2, -0.15) is 0 Å². The molecule has 1 aliphatic heterocycles. The molecule has 2 aromatic rings. The maximum absolute atomic E-state index is 13.7. The van der Waals surface area contributed by atoms with Crippen molar-refractivity contribution in [2.45, 2.75) is 13.0 Å². The number of imidazole rings is 1. The first kappa shape index (κ1) is 13.5. The predicted octanol–water partition coefficient (Wildman–Crippen LogP) is 3.39. The lowest BCUT2D eigenvalue weighted by Gasteiger charge is -2.12. The topological polar surface area (TPSA) is 24.0 Å². The molecule has 1 saturated heterocycles. The lowest BCUT2D eigenvalue weighted by atomic mass is 10.1. The highest BCUT2D eigenvalue weighted by molar-refractivity contribution is 14.1. The molecule has 0 aliphatic carbocycles. The smallest absolute Gasteiger partial charge is 0.178 e. The standard InChI is InChI=1S/C13H15FIN3S/c1-17-3-2-8(6-17)7-18-12-4-9(14)10(15)5-11(12)16-13(18)19/h4-5,8H,2-3,6-7H2,1H3,(H,16,19). The molecule has 3 nitrogen and oxygen atoms in total. The van der Waals surface area contributed by atoms with Gasteiger partial charge in [-0.05, 0) is 66.8 Å². The zero-order chi connectivity index (χ0) is 13.6. The van der Waals surface area contributed by atoms with Gasteiger partial charge in [-0.3, -0.25) is 0 Å². The molecule has 1 aromatic carbocycles. The number of fused-ring (bicyclic) bond motifs is 1. The van der Waals surface area contributed by atoms with Gasteiger partial charge in [-0.25, -0.2) is 4.39 Å². The minimum absolute atomic E-state index is 0.181. The van der Waals surface area contributed by atoms with Crippen molar-refractivity contribution < 1.29 is 4.39 Å². The van der Waals surface area contributed by atoms with E-state index in [4.69, 9.17) is 12.2 Å². The summed E-state index contributed by atoms with van der Waals surface area (Å²) in [7, 11) is 2.14. The number of rotatable bonds is 2.